The highest BCUT2D eigenvalue weighted by atomic mass is 35.5. The number of rotatable bonds is 6. The first-order chi connectivity index (χ1) is 12.0. The maximum Gasteiger partial charge on any atom is 0.331 e. The molecular weight excluding hydrogens is 366 g/mol. The number of carbonyl (C=O) groups excluding carboxylic acids is 2. The Bertz CT molecular complexity index is 762. The second kappa shape index (κ2) is 9.24. The maximum absolute atomic E-state index is 11.7. The smallest absolute Gasteiger partial charge is 0.331 e. The molecule has 0 aromatic heterocycles. The third-order valence-electron chi connectivity index (χ3n) is 2.88. The lowest BCUT2D eigenvalue weighted by molar-refractivity contribution is -0.135. The number of nitrogens with one attached hydrogen (secondary N) is 1. The van der Waals surface area contributed by atoms with Crippen molar-refractivity contribution in [2.45, 2.75) is 13.3 Å². The van der Waals surface area contributed by atoms with E-state index in [1.807, 2.05) is 6.92 Å². The number of halogens is 1. The summed E-state index contributed by atoms with van der Waals surface area (Å²) >= 11 is 6.99. The molecule has 7 nitrogen and oxygen atoms in total. The molecule has 0 saturated carbocycles. The van der Waals surface area contributed by atoms with Gasteiger partial charge in [0.2, 0.25) is 0 Å². The molecule has 0 radical (unpaired) electrons. The van der Waals surface area contributed by atoms with E-state index in [1.54, 1.807) is 18.2 Å². The van der Waals surface area contributed by atoms with Crippen LogP contribution >= 0.6 is 23.4 Å². The minimum absolute atomic E-state index is 0.190. The summed E-state index contributed by atoms with van der Waals surface area (Å²) in [6.07, 6.45) is 3.46. The van der Waals surface area contributed by atoms with E-state index >= 15 is 0 Å². The lowest BCUT2D eigenvalue weighted by Crippen LogP contribution is -2.19. The number of carbonyl (C=O) groups is 2. The number of hydrogen-bond donors (Lipinski definition) is 1. The number of hydrogen-bond acceptors (Lipinski definition) is 7. The van der Waals surface area contributed by atoms with Gasteiger partial charge in [-0.05, 0) is 36.4 Å². The van der Waals surface area contributed by atoms with Crippen molar-refractivity contribution in [2.24, 2.45) is 10.2 Å². The molecule has 1 aromatic carbocycles. The van der Waals surface area contributed by atoms with E-state index in [4.69, 9.17) is 16.3 Å². The van der Waals surface area contributed by atoms with Gasteiger partial charge in [0.1, 0.15) is 5.75 Å². The highest BCUT2D eigenvalue weighted by molar-refractivity contribution is 8.18. The zero-order chi connectivity index (χ0) is 18.2. The van der Waals surface area contributed by atoms with E-state index in [1.165, 1.54) is 13.3 Å². The summed E-state index contributed by atoms with van der Waals surface area (Å²) in [5.41, 5.74) is 0.671. The average Bonchev–Trinajstić information content (AvgIpc) is 2.93. The second-order valence-electron chi connectivity index (χ2n) is 4.77. The summed E-state index contributed by atoms with van der Waals surface area (Å²) in [6, 6.07) is 5.20. The van der Waals surface area contributed by atoms with E-state index < -0.39 is 11.9 Å². The Morgan fingerprint density at radius 3 is 2.96 bits per heavy atom. The van der Waals surface area contributed by atoms with Crippen LogP contribution in [-0.2, 0) is 14.3 Å². The summed E-state index contributed by atoms with van der Waals surface area (Å²) in [4.78, 5) is 23.1. The van der Waals surface area contributed by atoms with Gasteiger partial charge in [-0.15, -0.1) is 5.10 Å². The van der Waals surface area contributed by atoms with E-state index in [0.717, 1.165) is 24.3 Å². The Kier molecular flexibility index (Phi) is 7.03. The Labute approximate surface area is 154 Å². The summed E-state index contributed by atoms with van der Waals surface area (Å²) in [5.74, 6) is -0.400. The van der Waals surface area contributed by atoms with Gasteiger partial charge in [-0.1, -0.05) is 18.5 Å². The van der Waals surface area contributed by atoms with Gasteiger partial charge in [0.15, 0.2) is 5.17 Å². The number of methoxy groups -OCH3 is 1. The molecule has 1 aliphatic rings. The molecule has 132 valence electrons. The molecule has 9 heteroatoms. The monoisotopic (exact) mass is 381 g/mol. The van der Waals surface area contributed by atoms with Crippen LogP contribution in [0, 0.1) is 0 Å². The van der Waals surface area contributed by atoms with Gasteiger partial charge in [-0.25, -0.2) is 4.79 Å². The fourth-order valence-corrected chi connectivity index (χ4v) is 2.67. The normalized spacial score (nSPS) is 17.3. The number of benzene rings is 1. The van der Waals surface area contributed by atoms with Crippen molar-refractivity contribution >= 4 is 46.6 Å². The Morgan fingerprint density at radius 1 is 1.44 bits per heavy atom. The van der Waals surface area contributed by atoms with Crippen LogP contribution < -0.4 is 10.1 Å². The first-order valence-corrected chi connectivity index (χ1v) is 8.55. The first-order valence-electron chi connectivity index (χ1n) is 7.35. The number of thioether (sulfide) groups is 1. The molecule has 25 heavy (non-hydrogen) atoms. The molecule has 1 heterocycles. The van der Waals surface area contributed by atoms with Crippen molar-refractivity contribution in [3.63, 3.8) is 0 Å². The Morgan fingerprint density at radius 2 is 2.24 bits per heavy atom. The minimum atomic E-state index is -0.612. The second-order valence-corrected chi connectivity index (χ2v) is 6.24. The number of ether oxygens (including phenoxy) is 2. The predicted octanol–water partition coefficient (Wildman–Crippen LogP) is 2.74. The molecule has 0 atom stereocenters. The van der Waals surface area contributed by atoms with E-state index in [9.17, 15) is 9.59 Å². The molecule has 0 bridgehead atoms. The molecule has 1 amide bonds. The minimum Gasteiger partial charge on any atom is -0.493 e. The zero-order valence-electron chi connectivity index (χ0n) is 13.6. The van der Waals surface area contributed by atoms with Crippen molar-refractivity contribution < 1.29 is 19.1 Å². The molecule has 0 spiro atoms. The highest BCUT2D eigenvalue weighted by Crippen LogP contribution is 2.24. The molecule has 0 unspecified atom stereocenters. The maximum atomic E-state index is 11.7. The molecule has 1 aliphatic heterocycles. The van der Waals surface area contributed by atoms with Crippen molar-refractivity contribution in [2.75, 3.05) is 13.7 Å². The van der Waals surface area contributed by atoms with E-state index in [-0.39, 0.29) is 10.1 Å². The average molecular weight is 382 g/mol. The van der Waals surface area contributed by atoms with Gasteiger partial charge in [0, 0.05) is 16.7 Å². The molecule has 1 aromatic rings. The fraction of sp³-hybridized carbons (Fsp3) is 0.250. The topological polar surface area (TPSA) is 89.4 Å². The largest absolute Gasteiger partial charge is 0.493 e. The molecule has 1 saturated heterocycles. The van der Waals surface area contributed by atoms with Crippen molar-refractivity contribution in [1.82, 2.24) is 5.32 Å². The van der Waals surface area contributed by atoms with Gasteiger partial charge < -0.3 is 9.47 Å². The van der Waals surface area contributed by atoms with Crippen LogP contribution in [0.2, 0.25) is 5.02 Å². The van der Waals surface area contributed by atoms with Gasteiger partial charge in [-0.2, -0.15) is 5.10 Å². The van der Waals surface area contributed by atoms with E-state index in [2.05, 4.69) is 20.3 Å². The predicted molar refractivity (Wildman–Crippen MR) is 98.1 cm³/mol. The van der Waals surface area contributed by atoms with Crippen LogP contribution in [0.5, 0.6) is 5.75 Å². The van der Waals surface area contributed by atoms with Gasteiger partial charge >= 0.3 is 5.97 Å². The van der Waals surface area contributed by atoms with E-state index in [0.29, 0.717) is 22.9 Å². The molecule has 0 aliphatic carbocycles. The van der Waals surface area contributed by atoms with Crippen molar-refractivity contribution in [3.8, 4) is 5.75 Å². The lowest BCUT2D eigenvalue weighted by atomic mass is 10.2. The highest BCUT2D eigenvalue weighted by Gasteiger charge is 2.25. The van der Waals surface area contributed by atoms with Gasteiger partial charge in [0.25, 0.3) is 5.91 Å². The van der Waals surface area contributed by atoms with Crippen LogP contribution in [0.25, 0.3) is 0 Å². The molecule has 1 N–H and O–H groups in total. The Hall–Kier alpha value is -2.32. The van der Waals surface area contributed by atoms with Gasteiger partial charge in [0.05, 0.1) is 24.8 Å². The van der Waals surface area contributed by atoms with Crippen LogP contribution in [-0.4, -0.2) is 37.0 Å². The van der Waals surface area contributed by atoms with Crippen LogP contribution in [0.1, 0.15) is 18.9 Å². The quantitative estimate of drug-likeness (QED) is 0.354. The molecule has 1 fully saturated rings. The molecular formula is C16H16ClN3O4S. The first kappa shape index (κ1) is 19.0. The van der Waals surface area contributed by atoms with Crippen LogP contribution in [0.3, 0.4) is 0 Å². The van der Waals surface area contributed by atoms with Crippen molar-refractivity contribution in [3.05, 3.63) is 39.8 Å². The number of nitrogens with zero attached hydrogens (tertiary/aromatic N) is 2. The zero-order valence-corrected chi connectivity index (χ0v) is 15.2. The summed E-state index contributed by atoms with van der Waals surface area (Å²) in [6.45, 7) is 2.58. The summed E-state index contributed by atoms with van der Waals surface area (Å²) in [5, 5.41) is 11.2. The number of esters is 1. The lowest BCUT2D eigenvalue weighted by Gasteiger charge is -2.07. The molecule has 2 rings (SSSR count). The SMILES string of the molecule is CCCOc1ccc(Cl)cc1C=N/N=C1/NC(=O)/C(=C\C(=O)OC)S1. The fourth-order valence-electron chi connectivity index (χ4n) is 1.75. The van der Waals surface area contributed by atoms with Crippen LogP contribution in [0.15, 0.2) is 39.4 Å². The standard InChI is InChI=1S/C16H16ClN3O4S/c1-3-6-24-12-5-4-11(17)7-10(12)9-18-20-16-19-15(22)13(25-16)8-14(21)23-2/h4-5,7-9H,3,6H2,1-2H3,(H,19,20,22)/b13-8+,18-9?. The van der Waals surface area contributed by atoms with Crippen LogP contribution in [0.4, 0.5) is 0 Å². The summed E-state index contributed by atoms with van der Waals surface area (Å²) in [7, 11) is 1.24. The Balaban J connectivity index is 2.11. The third kappa shape index (κ3) is 5.61. The third-order valence-corrected chi connectivity index (χ3v) is 4.02. The van der Waals surface area contributed by atoms with Crippen molar-refractivity contribution in [1.29, 1.82) is 0 Å². The number of amidine groups is 1. The number of amides is 1. The summed E-state index contributed by atoms with van der Waals surface area (Å²) < 4.78 is 10.1. The van der Waals surface area contributed by atoms with Gasteiger partial charge in [-0.3, -0.25) is 10.1 Å².